The minimum Gasteiger partial charge on any atom is -0.465 e. The first-order valence-electron chi connectivity index (χ1n) is 11.5. The van der Waals surface area contributed by atoms with E-state index in [2.05, 4.69) is 15.3 Å². The highest BCUT2D eigenvalue weighted by molar-refractivity contribution is 7.17. The van der Waals surface area contributed by atoms with Crippen molar-refractivity contribution in [2.75, 3.05) is 12.4 Å². The lowest BCUT2D eigenvalue weighted by atomic mass is 9.96. The summed E-state index contributed by atoms with van der Waals surface area (Å²) >= 11 is 1.41. The van der Waals surface area contributed by atoms with Crippen LogP contribution in [0, 0.1) is 0 Å². The fraction of sp³-hybridized carbons (Fsp3) is 0.400. The topological polar surface area (TPSA) is 107 Å². The van der Waals surface area contributed by atoms with Gasteiger partial charge in [0.2, 0.25) is 0 Å². The van der Waals surface area contributed by atoms with Crippen LogP contribution in [0.15, 0.2) is 30.5 Å². The highest BCUT2D eigenvalue weighted by Crippen LogP contribution is 2.37. The number of fused-ring (bicyclic) bond motifs is 2. The Balaban J connectivity index is 1.53. The molecular formula is C25H27N3O5S. The van der Waals surface area contributed by atoms with E-state index in [9.17, 15) is 14.4 Å². The maximum Gasteiger partial charge on any atom is 0.359 e. The molecule has 4 rings (SSSR count). The van der Waals surface area contributed by atoms with Crippen molar-refractivity contribution in [2.24, 2.45) is 0 Å². The standard InChI is InChI=1S/C25H27N3O5S/c1-3-19(33-24(30)18-14-26-16-11-8-9-12-17(16)27-18)22(29)28-23-21(25(31)32-2)15-10-6-4-5-7-13-20(15)34-23/h8-9,11-12,14,19H,3-7,10,13H2,1-2H3,(H,28,29). The van der Waals surface area contributed by atoms with Crippen molar-refractivity contribution < 1.29 is 23.9 Å². The summed E-state index contributed by atoms with van der Waals surface area (Å²) in [4.78, 5) is 48.0. The van der Waals surface area contributed by atoms with E-state index in [1.807, 2.05) is 6.07 Å². The van der Waals surface area contributed by atoms with Gasteiger partial charge in [-0.1, -0.05) is 31.9 Å². The Hall–Kier alpha value is -3.33. The molecule has 2 aromatic heterocycles. The van der Waals surface area contributed by atoms with Crippen LogP contribution in [0.2, 0.25) is 0 Å². The molecule has 1 unspecified atom stereocenters. The van der Waals surface area contributed by atoms with Crippen LogP contribution >= 0.6 is 11.3 Å². The van der Waals surface area contributed by atoms with Crippen molar-refractivity contribution in [1.29, 1.82) is 0 Å². The van der Waals surface area contributed by atoms with E-state index < -0.39 is 23.9 Å². The Labute approximate surface area is 201 Å². The molecule has 0 fully saturated rings. The predicted octanol–water partition coefficient (Wildman–Crippen LogP) is 4.71. The zero-order valence-electron chi connectivity index (χ0n) is 19.3. The maximum absolute atomic E-state index is 13.1. The number of benzene rings is 1. The van der Waals surface area contributed by atoms with Gasteiger partial charge in [-0.2, -0.15) is 0 Å². The number of ether oxygens (including phenoxy) is 2. The largest absolute Gasteiger partial charge is 0.465 e. The van der Waals surface area contributed by atoms with Crippen molar-refractivity contribution in [2.45, 2.75) is 58.0 Å². The molecule has 0 radical (unpaired) electrons. The first-order valence-corrected chi connectivity index (χ1v) is 12.3. The number of nitrogens with one attached hydrogen (secondary N) is 1. The van der Waals surface area contributed by atoms with Crippen LogP contribution in [0.25, 0.3) is 11.0 Å². The second kappa shape index (κ2) is 10.7. The molecule has 0 bridgehead atoms. The highest BCUT2D eigenvalue weighted by atomic mass is 32.1. The molecule has 1 atom stereocenters. The molecule has 1 aromatic carbocycles. The summed E-state index contributed by atoms with van der Waals surface area (Å²) in [6.45, 7) is 1.75. The van der Waals surface area contributed by atoms with Gasteiger partial charge in [-0.15, -0.1) is 11.3 Å². The quantitative estimate of drug-likeness (QED) is 0.508. The smallest absolute Gasteiger partial charge is 0.359 e. The van der Waals surface area contributed by atoms with Crippen molar-refractivity contribution in [1.82, 2.24) is 9.97 Å². The monoisotopic (exact) mass is 481 g/mol. The van der Waals surface area contributed by atoms with Gasteiger partial charge in [0.05, 0.1) is 29.9 Å². The van der Waals surface area contributed by atoms with Crippen molar-refractivity contribution in [3.8, 4) is 0 Å². The third kappa shape index (κ3) is 5.09. The zero-order chi connectivity index (χ0) is 24.1. The molecule has 0 spiro atoms. The van der Waals surface area contributed by atoms with E-state index in [0.717, 1.165) is 49.0 Å². The van der Waals surface area contributed by atoms with Crippen LogP contribution in [0.4, 0.5) is 5.00 Å². The number of aromatic nitrogens is 2. The minimum absolute atomic E-state index is 0.0271. The Kier molecular flexibility index (Phi) is 7.52. The minimum atomic E-state index is -1.05. The fourth-order valence-corrected chi connectivity index (χ4v) is 5.37. The summed E-state index contributed by atoms with van der Waals surface area (Å²) in [5.74, 6) is -1.69. The third-order valence-electron chi connectivity index (χ3n) is 5.87. The molecule has 178 valence electrons. The number of methoxy groups -OCH3 is 1. The molecule has 1 aliphatic carbocycles. The van der Waals surface area contributed by atoms with E-state index in [4.69, 9.17) is 9.47 Å². The van der Waals surface area contributed by atoms with Crippen molar-refractivity contribution in [3.05, 3.63) is 52.2 Å². The van der Waals surface area contributed by atoms with E-state index in [0.29, 0.717) is 21.6 Å². The van der Waals surface area contributed by atoms with Crippen LogP contribution in [0.5, 0.6) is 0 Å². The molecule has 9 heteroatoms. The first-order chi connectivity index (χ1) is 16.5. The predicted molar refractivity (Wildman–Crippen MR) is 129 cm³/mol. The first kappa shape index (κ1) is 23.8. The summed E-state index contributed by atoms with van der Waals surface area (Å²) in [7, 11) is 1.34. The number of nitrogens with zero attached hydrogens (tertiary/aromatic N) is 2. The van der Waals surface area contributed by atoms with Gasteiger partial charge in [0.25, 0.3) is 5.91 Å². The second-order valence-corrected chi connectivity index (χ2v) is 9.25. The number of aryl methyl sites for hydroxylation is 1. The Morgan fingerprint density at radius 2 is 1.79 bits per heavy atom. The lowest BCUT2D eigenvalue weighted by Gasteiger charge is -2.16. The maximum atomic E-state index is 13.1. The number of esters is 2. The lowest BCUT2D eigenvalue weighted by Crippen LogP contribution is -2.32. The van der Waals surface area contributed by atoms with E-state index in [1.54, 1.807) is 25.1 Å². The molecule has 8 nitrogen and oxygen atoms in total. The zero-order valence-corrected chi connectivity index (χ0v) is 20.1. The third-order valence-corrected chi connectivity index (χ3v) is 7.08. The summed E-state index contributed by atoms with van der Waals surface area (Å²) in [5.41, 5.74) is 2.63. The summed E-state index contributed by atoms with van der Waals surface area (Å²) in [6.07, 6.45) is 6.50. The Bertz CT molecular complexity index is 1220. The van der Waals surface area contributed by atoms with Crippen LogP contribution in [-0.4, -0.2) is 41.0 Å². The molecule has 1 amide bonds. The van der Waals surface area contributed by atoms with Crippen LogP contribution in [-0.2, 0) is 27.1 Å². The van der Waals surface area contributed by atoms with Gasteiger partial charge in [0.15, 0.2) is 11.8 Å². The second-order valence-electron chi connectivity index (χ2n) is 8.15. The van der Waals surface area contributed by atoms with Gasteiger partial charge in [-0.3, -0.25) is 9.78 Å². The number of thiophene rings is 1. The van der Waals surface area contributed by atoms with Gasteiger partial charge in [-0.25, -0.2) is 14.6 Å². The number of anilines is 1. The average molecular weight is 482 g/mol. The highest BCUT2D eigenvalue weighted by Gasteiger charge is 2.29. The van der Waals surface area contributed by atoms with Gasteiger partial charge >= 0.3 is 11.9 Å². The Morgan fingerprint density at radius 1 is 1.06 bits per heavy atom. The van der Waals surface area contributed by atoms with Crippen LogP contribution < -0.4 is 5.32 Å². The molecule has 2 heterocycles. The number of carbonyl (C=O) groups excluding carboxylic acids is 3. The van der Waals surface area contributed by atoms with Gasteiger partial charge in [0, 0.05) is 4.88 Å². The van der Waals surface area contributed by atoms with Crippen molar-refractivity contribution >= 4 is 45.2 Å². The molecule has 1 aliphatic rings. The average Bonchev–Trinajstić information content (AvgIpc) is 3.16. The molecule has 34 heavy (non-hydrogen) atoms. The van der Waals surface area contributed by atoms with Gasteiger partial charge in [0.1, 0.15) is 5.00 Å². The normalized spacial score (nSPS) is 14.4. The Morgan fingerprint density at radius 3 is 2.53 bits per heavy atom. The molecule has 1 N–H and O–H groups in total. The van der Waals surface area contributed by atoms with E-state index in [-0.39, 0.29) is 12.1 Å². The summed E-state index contributed by atoms with van der Waals surface area (Å²) in [6, 6.07) is 7.18. The van der Waals surface area contributed by atoms with E-state index >= 15 is 0 Å². The molecule has 0 saturated heterocycles. The summed E-state index contributed by atoms with van der Waals surface area (Å²) < 4.78 is 10.5. The number of amides is 1. The van der Waals surface area contributed by atoms with Gasteiger partial charge < -0.3 is 14.8 Å². The number of para-hydroxylation sites is 2. The number of hydrogen-bond acceptors (Lipinski definition) is 8. The van der Waals surface area contributed by atoms with Crippen LogP contribution in [0.1, 0.15) is 70.3 Å². The molecule has 3 aromatic rings. The molecular weight excluding hydrogens is 454 g/mol. The lowest BCUT2D eigenvalue weighted by molar-refractivity contribution is -0.124. The van der Waals surface area contributed by atoms with E-state index in [1.165, 1.54) is 24.6 Å². The fourth-order valence-electron chi connectivity index (χ4n) is 4.09. The number of hydrogen-bond donors (Lipinski definition) is 1. The van der Waals surface area contributed by atoms with Crippen molar-refractivity contribution in [3.63, 3.8) is 0 Å². The van der Waals surface area contributed by atoms with Gasteiger partial charge in [-0.05, 0) is 49.8 Å². The SMILES string of the molecule is CCC(OC(=O)c1cnc2ccccc2n1)C(=O)Nc1sc2c(c1C(=O)OC)CCCCCC2. The summed E-state index contributed by atoms with van der Waals surface area (Å²) in [5, 5.41) is 3.27. The van der Waals surface area contributed by atoms with Crippen LogP contribution in [0.3, 0.4) is 0 Å². The number of rotatable bonds is 6. The number of carbonyl (C=O) groups is 3. The molecule has 0 aliphatic heterocycles. The molecule has 0 saturated carbocycles.